The van der Waals surface area contributed by atoms with Gasteiger partial charge in [0.05, 0.1) is 22.5 Å². The van der Waals surface area contributed by atoms with Crippen LogP contribution in [0.15, 0.2) is 42.5 Å². The SMILES string of the molecule is O=C1C[C@H](C(=O)N[C@@H](c2ccc(C(F)(F)F)cc2)c2ccc(F)c(Cl)c2)CN1. The number of carbonyl (C=O) groups is 2. The number of alkyl halides is 3. The van der Waals surface area contributed by atoms with Crippen molar-refractivity contribution in [1.29, 1.82) is 0 Å². The number of nitrogens with one attached hydrogen (secondary N) is 2. The number of benzene rings is 2. The van der Waals surface area contributed by atoms with E-state index in [-0.39, 0.29) is 23.9 Å². The van der Waals surface area contributed by atoms with Crippen molar-refractivity contribution in [3.05, 3.63) is 70.0 Å². The molecule has 1 aliphatic rings. The summed E-state index contributed by atoms with van der Waals surface area (Å²) in [6.07, 6.45) is -4.47. The van der Waals surface area contributed by atoms with Crippen LogP contribution in [0, 0.1) is 11.7 Å². The van der Waals surface area contributed by atoms with Crippen molar-refractivity contribution < 1.29 is 27.2 Å². The van der Waals surface area contributed by atoms with E-state index in [0.29, 0.717) is 11.1 Å². The average molecular weight is 415 g/mol. The number of rotatable bonds is 4. The second-order valence-corrected chi connectivity index (χ2v) is 6.85. The fourth-order valence-electron chi connectivity index (χ4n) is 2.97. The minimum Gasteiger partial charge on any atom is -0.355 e. The van der Waals surface area contributed by atoms with Gasteiger partial charge in [-0.2, -0.15) is 13.2 Å². The molecule has 2 atom stereocenters. The zero-order valence-corrected chi connectivity index (χ0v) is 15.1. The molecule has 2 aromatic rings. The van der Waals surface area contributed by atoms with Gasteiger partial charge in [0, 0.05) is 13.0 Å². The van der Waals surface area contributed by atoms with E-state index in [2.05, 4.69) is 10.6 Å². The lowest BCUT2D eigenvalue weighted by atomic mass is 9.96. The molecule has 0 aliphatic carbocycles. The van der Waals surface area contributed by atoms with Gasteiger partial charge in [-0.1, -0.05) is 29.8 Å². The number of carbonyl (C=O) groups excluding carboxylic acids is 2. The van der Waals surface area contributed by atoms with E-state index in [1.54, 1.807) is 0 Å². The first-order chi connectivity index (χ1) is 13.1. The Bertz CT molecular complexity index is 900. The number of amides is 2. The van der Waals surface area contributed by atoms with Crippen LogP contribution in [0.2, 0.25) is 5.02 Å². The molecule has 0 saturated carbocycles. The normalized spacial score (nSPS) is 17.9. The fraction of sp³-hybridized carbons (Fsp3) is 0.263. The summed E-state index contributed by atoms with van der Waals surface area (Å²) in [5, 5.41) is 5.09. The molecule has 28 heavy (non-hydrogen) atoms. The highest BCUT2D eigenvalue weighted by atomic mass is 35.5. The zero-order valence-electron chi connectivity index (χ0n) is 14.3. The first-order valence-corrected chi connectivity index (χ1v) is 8.72. The van der Waals surface area contributed by atoms with Crippen LogP contribution >= 0.6 is 11.6 Å². The summed E-state index contributed by atoms with van der Waals surface area (Å²) in [5.74, 6) is -1.95. The molecule has 0 spiro atoms. The van der Waals surface area contributed by atoms with Gasteiger partial charge in [-0.25, -0.2) is 4.39 Å². The van der Waals surface area contributed by atoms with Crippen LogP contribution in [0.1, 0.15) is 29.2 Å². The second-order valence-electron chi connectivity index (χ2n) is 6.44. The Morgan fingerprint density at radius 2 is 1.79 bits per heavy atom. The van der Waals surface area contributed by atoms with Gasteiger partial charge in [-0.3, -0.25) is 9.59 Å². The molecule has 1 heterocycles. The minimum atomic E-state index is -4.49. The molecule has 2 amide bonds. The van der Waals surface area contributed by atoms with Crippen molar-refractivity contribution in [3.63, 3.8) is 0 Å². The quantitative estimate of drug-likeness (QED) is 0.747. The first kappa shape index (κ1) is 20.1. The third kappa shape index (κ3) is 4.44. The minimum absolute atomic E-state index is 0.0236. The Kier molecular flexibility index (Phi) is 5.60. The third-order valence-corrected chi connectivity index (χ3v) is 4.77. The Hall–Kier alpha value is -2.61. The Balaban J connectivity index is 1.93. The largest absolute Gasteiger partial charge is 0.416 e. The van der Waals surface area contributed by atoms with Crippen molar-refractivity contribution >= 4 is 23.4 Å². The highest BCUT2D eigenvalue weighted by Crippen LogP contribution is 2.32. The third-order valence-electron chi connectivity index (χ3n) is 4.48. The molecule has 2 N–H and O–H groups in total. The van der Waals surface area contributed by atoms with Crippen LogP contribution in [0.25, 0.3) is 0 Å². The highest BCUT2D eigenvalue weighted by molar-refractivity contribution is 6.30. The molecule has 1 fully saturated rings. The summed E-state index contributed by atoms with van der Waals surface area (Å²) in [6, 6.07) is 7.23. The van der Waals surface area contributed by atoms with Gasteiger partial charge in [0.25, 0.3) is 0 Å². The fourth-order valence-corrected chi connectivity index (χ4v) is 3.16. The molecule has 1 aliphatic heterocycles. The molecule has 1 saturated heterocycles. The maximum absolute atomic E-state index is 13.5. The highest BCUT2D eigenvalue weighted by Gasteiger charge is 2.32. The van der Waals surface area contributed by atoms with E-state index in [4.69, 9.17) is 11.6 Å². The molecule has 0 unspecified atom stereocenters. The van der Waals surface area contributed by atoms with E-state index in [0.717, 1.165) is 18.2 Å². The summed E-state index contributed by atoms with van der Waals surface area (Å²) >= 11 is 5.82. The summed E-state index contributed by atoms with van der Waals surface area (Å²) in [4.78, 5) is 23.9. The van der Waals surface area contributed by atoms with Crippen LogP contribution in [0.5, 0.6) is 0 Å². The number of hydrogen-bond donors (Lipinski definition) is 2. The molecule has 4 nitrogen and oxygen atoms in total. The molecule has 0 bridgehead atoms. The van der Waals surface area contributed by atoms with Crippen LogP contribution in [0.4, 0.5) is 17.6 Å². The van der Waals surface area contributed by atoms with Crippen molar-refractivity contribution in [2.24, 2.45) is 5.92 Å². The summed E-state index contributed by atoms with van der Waals surface area (Å²) < 4.78 is 52.0. The zero-order chi connectivity index (χ0) is 20.5. The lowest BCUT2D eigenvalue weighted by Crippen LogP contribution is -2.35. The van der Waals surface area contributed by atoms with Crippen LogP contribution in [-0.4, -0.2) is 18.4 Å². The van der Waals surface area contributed by atoms with Gasteiger partial charge < -0.3 is 10.6 Å². The van der Waals surface area contributed by atoms with E-state index in [1.807, 2.05) is 0 Å². The van der Waals surface area contributed by atoms with Gasteiger partial charge in [0.1, 0.15) is 5.82 Å². The lowest BCUT2D eigenvalue weighted by molar-refractivity contribution is -0.137. The standard InChI is InChI=1S/C19H15ClF4N2O2/c20-14-7-11(3-6-15(14)21)17(26-18(28)12-8-16(27)25-9-12)10-1-4-13(5-2-10)19(22,23)24/h1-7,12,17H,8-9H2,(H,25,27)(H,26,28)/t12-,17-/m0/s1. The molecule has 3 rings (SSSR count). The Morgan fingerprint density at radius 1 is 1.14 bits per heavy atom. The Labute approximate surface area is 162 Å². The topological polar surface area (TPSA) is 58.2 Å². The molecule has 0 aromatic heterocycles. The van der Waals surface area contributed by atoms with Crippen molar-refractivity contribution in [3.8, 4) is 0 Å². The van der Waals surface area contributed by atoms with Crippen LogP contribution < -0.4 is 10.6 Å². The molecule has 0 radical (unpaired) electrons. The maximum Gasteiger partial charge on any atom is 0.416 e. The van der Waals surface area contributed by atoms with Crippen molar-refractivity contribution in [2.45, 2.75) is 18.6 Å². The smallest absolute Gasteiger partial charge is 0.355 e. The van der Waals surface area contributed by atoms with E-state index in [1.165, 1.54) is 24.3 Å². The summed E-state index contributed by atoms with van der Waals surface area (Å²) in [7, 11) is 0. The van der Waals surface area contributed by atoms with Gasteiger partial charge in [-0.05, 0) is 35.4 Å². The molecule has 148 valence electrons. The van der Waals surface area contributed by atoms with E-state index in [9.17, 15) is 27.2 Å². The Morgan fingerprint density at radius 3 is 2.32 bits per heavy atom. The van der Waals surface area contributed by atoms with Gasteiger partial charge in [-0.15, -0.1) is 0 Å². The number of halogens is 5. The van der Waals surface area contributed by atoms with Crippen LogP contribution in [-0.2, 0) is 15.8 Å². The average Bonchev–Trinajstić information content (AvgIpc) is 3.08. The van der Waals surface area contributed by atoms with Crippen molar-refractivity contribution in [1.82, 2.24) is 10.6 Å². The molecular weight excluding hydrogens is 400 g/mol. The van der Waals surface area contributed by atoms with E-state index < -0.39 is 35.4 Å². The monoisotopic (exact) mass is 414 g/mol. The van der Waals surface area contributed by atoms with E-state index >= 15 is 0 Å². The summed E-state index contributed by atoms with van der Waals surface area (Å²) in [6.45, 7) is 0.175. The second kappa shape index (κ2) is 7.79. The van der Waals surface area contributed by atoms with Crippen LogP contribution in [0.3, 0.4) is 0 Å². The lowest BCUT2D eigenvalue weighted by Gasteiger charge is -2.22. The molecular formula is C19H15ClF4N2O2. The molecule has 9 heteroatoms. The molecule has 2 aromatic carbocycles. The maximum atomic E-state index is 13.5. The van der Waals surface area contributed by atoms with Crippen molar-refractivity contribution in [2.75, 3.05) is 6.54 Å². The number of hydrogen-bond acceptors (Lipinski definition) is 2. The predicted molar refractivity (Wildman–Crippen MR) is 94.0 cm³/mol. The van der Waals surface area contributed by atoms with Gasteiger partial charge >= 0.3 is 6.18 Å². The predicted octanol–water partition coefficient (Wildman–Crippen LogP) is 3.84. The van der Waals surface area contributed by atoms with Gasteiger partial charge in [0.2, 0.25) is 11.8 Å². The first-order valence-electron chi connectivity index (χ1n) is 8.34. The van der Waals surface area contributed by atoms with Gasteiger partial charge in [0.15, 0.2) is 0 Å². The summed E-state index contributed by atoms with van der Waals surface area (Å²) in [5.41, 5.74) is -0.0675.